The van der Waals surface area contributed by atoms with Crippen LogP contribution >= 0.6 is 11.6 Å². The van der Waals surface area contributed by atoms with Crippen LogP contribution < -0.4 is 5.32 Å². The molecule has 4 heteroatoms. The summed E-state index contributed by atoms with van der Waals surface area (Å²) in [6.07, 6.45) is 2.93. The van der Waals surface area contributed by atoms with Crippen molar-refractivity contribution in [3.8, 4) is 0 Å². The number of ether oxygens (including phenoxy) is 1. The Morgan fingerprint density at radius 1 is 1.35 bits per heavy atom. The molecule has 2 unspecified atom stereocenters. The lowest BCUT2D eigenvalue weighted by molar-refractivity contribution is -0.0295. The Balaban J connectivity index is 1.45. The normalized spacial score (nSPS) is 36.9. The fourth-order valence-corrected chi connectivity index (χ4v) is 3.24. The van der Waals surface area contributed by atoms with Crippen LogP contribution in [0.5, 0.6) is 0 Å². The maximum Gasteiger partial charge on any atom is 0.105 e. The van der Waals surface area contributed by atoms with Crippen LogP contribution in [-0.4, -0.2) is 36.0 Å². The predicted octanol–water partition coefficient (Wildman–Crippen LogP) is 2.72. The van der Waals surface area contributed by atoms with Gasteiger partial charge in [-0.2, -0.15) is 0 Å². The Kier molecular flexibility index (Phi) is 4.04. The second kappa shape index (κ2) is 5.64. The van der Waals surface area contributed by atoms with Crippen molar-refractivity contribution < 1.29 is 9.84 Å². The van der Waals surface area contributed by atoms with Crippen LogP contribution in [0.4, 0.5) is 0 Å². The Bertz CT molecular complexity index is 458. The van der Waals surface area contributed by atoms with Crippen LogP contribution in [-0.2, 0) is 4.74 Å². The predicted molar refractivity (Wildman–Crippen MR) is 80.2 cm³/mol. The van der Waals surface area contributed by atoms with E-state index in [1.165, 1.54) is 5.56 Å². The van der Waals surface area contributed by atoms with Gasteiger partial charge >= 0.3 is 0 Å². The molecule has 1 aliphatic carbocycles. The summed E-state index contributed by atoms with van der Waals surface area (Å²) in [5.74, 6) is 0.622. The van der Waals surface area contributed by atoms with Gasteiger partial charge in [0.25, 0.3) is 0 Å². The second-order valence-electron chi connectivity index (χ2n) is 6.16. The summed E-state index contributed by atoms with van der Waals surface area (Å²) in [4.78, 5) is 0. The van der Waals surface area contributed by atoms with Crippen LogP contribution in [0.2, 0.25) is 5.02 Å². The van der Waals surface area contributed by atoms with E-state index in [0.717, 1.165) is 24.3 Å². The summed E-state index contributed by atoms with van der Waals surface area (Å²) in [6, 6.07) is 8.65. The summed E-state index contributed by atoms with van der Waals surface area (Å²) in [7, 11) is 0. The van der Waals surface area contributed by atoms with Gasteiger partial charge in [0.05, 0.1) is 6.10 Å². The van der Waals surface area contributed by atoms with Gasteiger partial charge in [0, 0.05) is 30.6 Å². The first-order valence-corrected chi connectivity index (χ1v) is 7.77. The summed E-state index contributed by atoms with van der Waals surface area (Å²) in [6.45, 7) is 3.25. The van der Waals surface area contributed by atoms with Crippen LogP contribution in [0.3, 0.4) is 0 Å². The summed E-state index contributed by atoms with van der Waals surface area (Å²) in [5, 5.41) is 14.7. The zero-order chi connectivity index (χ0) is 14.2. The summed E-state index contributed by atoms with van der Waals surface area (Å²) < 4.78 is 5.45. The molecular weight excluding hydrogens is 274 g/mol. The molecule has 2 N–H and O–H groups in total. The fourth-order valence-electron chi connectivity index (χ4n) is 3.12. The smallest absolute Gasteiger partial charge is 0.105 e. The van der Waals surface area contributed by atoms with Crippen molar-refractivity contribution in [1.29, 1.82) is 0 Å². The SMILES string of the molecule is CC1OCCC1(O)CNC1CC(c2ccc(Cl)cc2)C1. The molecule has 0 spiro atoms. The Labute approximate surface area is 125 Å². The third kappa shape index (κ3) is 2.86. The van der Waals surface area contributed by atoms with Crippen LogP contribution in [0.25, 0.3) is 0 Å². The van der Waals surface area contributed by atoms with Crippen molar-refractivity contribution in [2.24, 2.45) is 0 Å². The fraction of sp³-hybridized carbons (Fsp3) is 0.625. The Morgan fingerprint density at radius 2 is 2.05 bits per heavy atom. The van der Waals surface area contributed by atoms with Crippen LogP contribution in [0, 0.1) is 0 Å². The minimum atomic E-state index is -0.689. The molecule has 0 bridgehead atoms. The molecule has 0 aromatic heterocycles. The first-order valence-electron chi connectivity index (χ1n) is 7.40. The Morgan fingerprint density at radius 3 is 2.65 bits per heavy atom. The van der Waals surface area contributed by atoms with Crippen LogP contribution in [0.1, 0.15) is 37.7 Å². The minimum Gasteiger partial charge on any atom is -0.386 e. The molecule has 2 fully saturated rings. The van der Waals surface area contributed by atoms with Crippen molar-refractivity contribution in [2.75, 3.05) is 13.2 Å². The topological polar surface area (TPSA) is 41.5 Å². The molecule has 3 rings (SSSR count). The monoisotopic (exact) mass is 295 g/mol. The van der Waals surface area contributed by atoms with E-state index >= 15 is 0 Å². The first-order chi connectivity index (χ1) is 9.57. The van der Waals surface area contributed by atoms with Gasteiger partial charge in [0.2, 0.25) is 0 Å². The van der Waals surface area contributed by atoms with Gasteiger partial charge in [-0.25, -0.2) is 0 Å². The van der Waals surface area contributed by atoms with E-state index in [0.29, 0.717) is 25.1 Å². The molecule has 2 aliphatic rings. The summed E-state index contributed by atoms with van der Waals surface area (Å²) in [5.41, 5.74) is 0.675. The molecule has 0 radical (unpaired) electrons. The number of rotatable bonds is 4. The van der Waals surface area contributed by atoms with E-state index in [1.807, 2.05) is 19.1 Å². The molecule has 2 atom stereocenters. The van der Waals surface area contributed by atoms with E-state index in [4.69, 9.17) is 16.3 Å². The number of nitrogens with one attached hydrogen (secondary N) is 1. The highest BCUT2D eigenvalue weighted by atomic mass is 35.5. The highest BCUT2D eigenvalue weighted by Gasteiger charge is 2.40. The molecular formula is C16H22ClNO2. The average Bonchev–Trinajstić information content (AvgIpc) is 2.70. The molecule has 110 valence electrons. The molecule has 1 aromatic carbocycles. The van der Waals surface area contributed by atoms with E-state index in [2.05, 4.69) is 17.4 Å². The zero-order valence-corrected chi connectivity index (χ0v) is 12.6. The lowest BCUT2D eigenvalue weighted by atomic mass is 9.75. The number of hydrogen-bond acceptors (Lipinski definition) is 3. The standard InChI is InChI=1S/C16H22ClNO2/c1-11-16(19,6-7-20-11)10-18-15-8-13(9-15)12-2-4-14(17)5-3-12/h2-5,11,13,15,18-19H,6-10H2,1H3. The van der Waals surface area contributed by atoms with E-state index < -0.39 is 5.60 Å². The van der Waals surface area contributed by atoms with Gasteiger partial charge < -0.3 is 15.2 Å². The van der Waals surface area contributed by atoms with Gasteiger partial charge in [0.15, 0.2) is 0 Å². The van der Waals surface area contributed by atoms with E-state index in [-0.39, 0.29) is 6.10 Å². The quantitative estimate of drug-likeness (QED) is 0.897. The van der Waals surface area contributed by atoms with Crippen molar-refractivity contribution in [2.45, 2.75) is 49.9 Å². The van der Waals surface area contributed by atoms with Gasteiger partial charge in [-0.1, -0.05) is 23.7 Å². The highest BCUT2D eigenvalue weighted by molar-refractivity contribution is 6.30. The van der Waals surface area contributed by atoms with Gasteiger partial charge in [-0.15, -0.1) is 0 Å². The van der Waals surface area contributed by atoms with Crippen molar-refractivity contribution >= 4 is 11.6 Å². The molecule has 1 aliphatic heterocycles. The molecule has 1 saturated carbocycles. The lowest BCUT2D eigenvalue weighted by Crippen LogP contribution is -2.51. The molecule has 1 saturated heterocycles. The maximum absolute atomic E-state index is 10.4. The average molecular weight is 296 g/mol. The number of hydrogen-bond donors (Lipinski definition) is 2. The third-order valence-corrected chi connectivity index (χ3v) is 5.09. The molecule has 0 amide bonds. The largest absolute Gasteiger partial charge is 0.386 e. The molecule has 3 nitrogen and oxygen atoms in total. The maximum atomic E-state index is 10.4. The first kappa shape index (κ1) is 14.3. The van der Waals surface area contributed by atoms with E-state index in [1.54, 1.807) is 0 Å². The Hall–Kier alpha value is -0.610. The molecule has 1 heterocycles. The molecule has 20 heavy (non-hydrogen) atoms. The number of halogens is 1. The molecule has 1 aromatic rings. The van der Waals surface area contributed by atoms with Crippen molar-refractivity contribution in [3.63, 3.8) is 0 Å². The summed E-state index contributed by atoms with van der Waals surface area (Å²) >= 11 is 5.91. The van der Waals surface area contributed by atoms with Gasteiger partial charge in [-0.3, -0.25) is 0 Å². The minimum absolute atomic E-state index is 0.0675. The van der Waals surface area contributed by atoms with E-state index in [9.17, 15) is 5.11 Å². The van der Waals surface area contributed by atoms with Crippen LogP contribution in [0.15, 0.2) is 24.3 Å². The van der Waals surface area contributed by atoms with Gasteiger partial charge in [-0.05, 0) is 43.4 Å². The lowest BCUT2D eigenvalue weighted by Gasteiger charge is -2.38. The number of benzene rings is 1. The van der Waals surface area contributed by atoms with Crippen molar-refractivity contribution in [3.05, 3.63) is 34.9 Å². The van der Waals surface area contributed by atoms with Crippen molar-refractivity contribution in [1.82, 2.24) is 5.32 Å². The zero-order valence-electron chi connectivity index (χ0n) is 11.8. The highest BCUT2D eigenvalue weighted by Crippen LogP contribution is 2.37. The third-order valence-electron chi connectivity index (χ3n) is 4.84. The van der Waals surface area contributed by atoms with Gasteiger partial charge in [0.1, 0.15) is 5.60 Å². The number of aliphatic hydroxyl groups is 1. The second-order valence-corrected chi connectivity index (χ2v) is 6.60.